The van der Waals surface area contributed by atoms with Gasteiger partial charge in [0.1, 0.15) is 10.8 Å². The van der Waals surface area contributed by atoms with Gasteiger partial charge < -0.3 is 5.32 Å². The molecule has 0 aliphatic heterocycles. The number of thioether (sulfide) groups is 1. The number of carbonyl (C=O) groups is 1. The maximum Gasteiger partial charge on any atom is 0.254 e. The van der Waals surface area contributed by atoms with Crippen molar-refractivity contribution in [2.45, 2.75) is 25.4 Å². The van der Waals surface area contributed by atoms with Crippen molar-refractivity contribution < 1.29 is 9.18 Å². The number of benzene rings is 1. The van der Waals surface area contributed by atoms with Crippen molar-refractivity contribution in [2.75, 3.05) is 5.75 Å². The molecule has 1 N–H and O–H groups in total. The van der Waals surface area contributed by atoms with Crippen LogP contribution in [0.15, 0.2) is 47.8 Å². The zero-order valence-electron chi connectivity index (χ0n) is 14.0. The molecule has 0 saturated heterocycles. The molecule has 0 aliphatic carbocycles. The Morgan fingerprint density at radius 3 is 2.72 bits per heavy atom. The van der Waals surface area contributed by atoms with Crippen LogP contribution in [-0.2, 0) is 6.54 Å². The van der Waals surface area contributed by atoms with Gasteiger partial charge in [-0.2, -0.15) is 0 Å². The fourth-order valence-electron chi connectivity index (χ4n) is 2.63. The van der Waals surface area contributed by atoms with E-state index in [1.54, 1.807) is 24.5 Å². The molecule has 4 nitrogen and oxygen atoms in total. The van der Waals surface area contributed by atoms with Crippen molar-refractivity contribution in [2.24, 2.45) is 0 Å². The summed E-state index contributed by atoms with van der Waals surface area (Å²) in [6, 6.07) is 7.96. The first kappa shape index (κ1) is 17.4. The lowest BCUT2D eigenvalue weighted by Gasteiger charge is -2.14. The minimum absolute atomic E-state index is 0.177. The molecular formula is C19H18FN3OS. The molecule has 1 amide bonds. The Bertz CT molecular complexity index is 912. The smallest absolute Gasteiger partial charge is 0.254 e. The van der Waals surface area contributed by atoms with E-state index in [1.807, 2.05) is 19.9 Å². The number of fused-ring (bicyclic) bond motifs is 1. The Labute approximate surface area is 149 Å². The van der Waals surface area contributed by atoms with Crippen LogP contribution in [0.4, 0.5) is 4.39 Å². The lowest BCUT2D eigenvalue weighted by molar-refractivity contribution is 0.0947. The molecule has 2 heterocycles. The molecule has 0 fully saturated rings. The zero-order valence-corrected chi connectivity index (χ0v) is 14.9. The molecule has 0 aliphatic rings. The summed E-state index contributed by atoms with van der Waals surface area (Å²) in [5.41, 5.74) is 3.11. The first-order chi connectivity index (χ1) is 12.1. The number of pyridine rings is 2. The number of halogens is 1. The molecule has 128 valence electrons. The molecule has 0 spiro atoms. The minimum Gasteiger partial charge on any atom is -0.348 e. The van der Waals surface area contributed by atoms with E-state index in [1.165, 1.54) is 23.9 Å². The maximum absolute atomic E-state index is 13.0. The van der Waals surface area contributed by atoms with E-state index >= 15 is 0 Å². The van der Waals surface area contributed by atoms with E-state index in [9.17, 15) is 9.18 Å². The standard InChI is InChI=1S/C19H18FN3OS/c1-3-25-19-17(12(2)15-8-9-21-11-16(15)23-19)18(24)22-10-13-4-6-14(20)7-5-13/h4-9,11H,3,10H2,1-2H3,(H,22,24). The number of carbonyl (C=O) groups excluding carboxylic acids is 1. The molecule has 6 heteroatoms. The summed E-state index contributed by atoms with van der Waals surface area (Å²) in [5, 5.41) is 4.53. The summed E-state index contributed by atoms with van der Waals surface area (Å²) < 4.78 is 13.0. The molecular weight excluding hydrogens is 337 g/mol. The number of nitrogens with zero attached hydrogens (tertiary/aromatic N) is 2. The Morgan fingerprint density at radius 1 is 1.24 bits per heavy atom. The molecule has 0 atom stereocenters. The third-order valence-electron chi connectivity index (χ3n) is 3.89. The molecule has 0 saturated carbocycles. The molecule has 0 radical (unpaired) electrons. The largest absolute Gasteiger partial charge is 0.348 e. The number of hydrogen-bond acceptors (Lipinski definition) is 4. The average Bonchev–Trinajstić information content (AvgIpc) is 2.61. The van der Waals surface area contributed by atoms with Crippen LogP contribution in [0.25, 0.3) is 10.9 Å². The van der Waals surface area contributed by atoms with Gasteiger partial charge in [0.2, 0.25) is 0 Å². The van der Waals surface area contributed by atoms with Crippen LogP contribution in [-0.4, -0.2) is 21.6 Å². The maximum atomic E-state index is 13.0. The molecule has 3 aromatic rings. The normalized spacial score (nSPS) is 10.8. The van der Waals surface area contributed by atoms with Gasteiger partial charge in [-0.3, -0.25) is 9.78 Å². The van der Waals surface area contributed by atoms with Crippen molar-refractivity contribution >= 4 is 28.6 Å². The van der Waals surface area contributed by atoms with Crippen LogP contribution in [0, 0.1) is 12.7 Å². The van der Waals surface area contributed by atoms with Crippen LogP contribution in [0.3, 0.4) is 0 Å². The monoisotopic (exact) mass is 355 g/mol. The van der Waals surface area contributed by atoms with Gasteiger partial charge in [-0.15, -0.1) is 11.8 Å². The van der Waals surface area contributed by atoms with Gasteiger partial charge in [-0.05, 0) is 42.0 Å². The second-order valence-electron chi connectivity index (χ2n) is 5.55. The predicted octanol–water partition coefficient (Wildman–Crippen LogP) is 4.12. The first-order valence-electron chi connectivity index (χ1n) is 8.00. The lowest BCUT2D eigenvalue weighted by Crippen LogP contribution is -2.25. The van der Waals surface area contributed by atoms with Gasteiger partial charge in [0.25, 0.3) is 5.91 Å². The number of rotatable bonds is 5. The Kier molecular flexibility index (Phi) is 5.28. The predicted molar refractivity (Wildman–Crippen MR) is 98.2 cm³/mol. The number of nitrogens with one attached hydrogen (secondary N) is 1. The average molecular weight is 355 g/mol. The molecule has 25 heavy (non-hydrogen) atoms. The summed E-state index contributed by atoms with van der Waals surface area (Å²) in [6.45, 7) is 4.29. The number of aryl methyl sites for hydroxylation is 1. The Morgan fingerprint density at radius 2 is 2.00 bits per heavy atom. The highest BCUT2D eigenvalue weighted by Crippen LogP contribution is 2.28. The van der Waals surface area contributed by atoms with Gasteiger partial charge in [-0.1, -0.05) is 19.1 Å². The Balaban J connectivity index is 1.92. The fourth-order valence-corrected chi connectivity index (χ4v) is 3.46. The highest BCUT2D eigenvalue weighted by Gasteiger charge is 2.18. The van der Waals surface area contributed by atoms with E-state index in [0.29, 0.717) is 17.1 Å². The summed E-state index contributed by atoms with van der Waals surface area (Å²) in [4.78, 5) is 21.5. The van der Waals surface area contributed by atoms with E-state index in [-0.39, 0.29) is 11.7 Å². The topological polar surface area (TPSA) is 54.9 Å². The van der Waals surface area contributed by atoms with Crippen LogP contribution < -0.4 is 5.32 Å². The van der Waals surface area contributed by atoms with E-state index in [2.05, 4.69) is 15.3 Å². The van der Waals surface area contributed by atoms with Gasteiger partial charge in [0, 0.05) is 18.1 Å². The van der Waals surface area contributed by atoms with Crippen LogP contribution >= 0.6 is 11.8 Å². The van der Waals surface area contributed by atoms with Gasteiger partial charge in [0.05, 0.1) is 17.3 Å². The summed E-state index contributed by atoms with van der Waals surface area (Å²) in [7, 11) is 0. The second kappa shape index (κ2) is 7.61. The highest BCUT2D eigenvalue weighted by molar-refractivity contribution is 7.99. The van der Waals surface area contributed by atoms with Crippen LogP contribution in [0.1, 0.15) is 28.4 Å². The van der Waals surface area contributed by atoms with Gasteiger partial charge in [-0.25, -0.2) is 9.37 Å². The molecule has 0 bridgehead atoms. The third kappa shape index (κ3) is 3.79. The summed E-state index contributed by atoms with van der Waals surface area (Å²) >= 11 is 1.53. The van der Waals surface area contributed by atoms with Crippen molar-refractivity contribution in [3.05, 3.63) is 65.2 Å². The van der Waals surface area contributed by atoms with Crippen molar-refractivity contribution in [3.63, 3.8) is 0 Å². The minimum atomic E-state index is -0.292. The Hall–Kier alpha value is -2.47. The van der Waals surface area contributed by atoms with Crippen LogP contribution in [0.2, 0.25) is 0 Å². The third-order valence-corrected chi connectivity index (χ3v) is 4.75. The van der Waals surface area contributed by atoms with Crippen molar-refractivity contribution in [1.29, 1.82) is 0 Å². The number of aromatic nitrogens is 2. The fraction of sp³-hybridized carbons (Fsp3) is 0.211. The summed E-state index contributed by atoms with van der Waals surface area (Å²) in [6.07, 6.45) is 3.41. The second-order valence-corrected chi connectivity index (χ2v) is 6.80. The lowest BCUT2D eigenvalue weighted by atomic mass is 10.1. The zero-order chi connectivity index (χ0) is 17.8. The molecule has 1 aromatic carbocycles. The summed E-state index contributed by atoms with van der Waals surface area (Å²) in [5.74, 6) is 0.347. The van der Waals surface area contributed by atoms with Crippen molar-refractivity contribution in [3.8, 4) is 0 Å². The SMILES string of the molecule is CCSc1nc2cnccc2c(C)c1C(=O)NCc1ccc(F)cc1. The van der Waals surface area contributed by atoms with E-state index in [0.717, 1.165) is 27.8 Å². The van der Waals surface area contributed by atoms with Gasteiger partial charge >= 0.3 is 0 Å². The van der Waals surface area contributed by atoms with E-state index in [4.69, 9.17) is 0 Å². The number of hydrogen-bond donors (Lipinski definition) is 1. The van der Waals surface area contributed by atoms with Crippen LogP contribution in [0.5, 0.6) is 0 Å². The van der Waals surface area contributed by atoms with Gasteiger partial charge in [0.15, 0.2) is 0 Å². The first-order valence-corrected chi connectivity index (χ1v) is 8.98. The number of amides is 1. The molecule has 0 unspecified atom stereocenters. The molecule has 2 aromatic heterocycles. The quantitative estimate of drug-likeness (QED) is 0.700. The highest BCUT2D eigenvalue weighted by atomic mass is 32.2. The van der Waals surface area contributed by atoms with Crippen molar-refractivity contribution in [1.82, 2.24) is 15.3 Å². The molecule has 3 rings (SSSR count). The van der Waals surface area contributed by atoms with E-state index < -0.39 is 0 Å².